The van der Waals surface area contributed by atoms with Crippen molar-refractivity contribution in [1.29, 1.82) is 0 Å². The second kappa shape index (κ2) is 7.73. The maximum absolute atomic E-state index is 5.63. The average Bonchev–Trinajstić information content (AvgIpc) is 1.88. The van der Waals surface area contributed by atoms with E-state index in [1.54, 1.807) is 0 Å². The first kappa shape index (κ1) is 14.6. The van der Waals surface area contributed by atoms with Crippen molar-refractivity contribution in [1.82, 2.24) is 6.15 Å². The molecule has 0 unspecified atom stereocenters. The fourth-order valence-electron chi connectivity index (χ4n) is 1.25. The van der Waals surface area contributed by atoms with E-state index < -0.39 is 8.56 Å². The van der Waals surface area contributed by atoms with E-state index in [4.69, 9.17) is 8.85 Å². The van der Waals surface area contributed by atoms with Gasteiger partial charge in [0.05, 0.1) is 0 Å². The number of rotatable bonds is 6. The highest BCUT2D eigenvalue weighted by Gasteiger charge is 2.28. The van der Waals surface area contributed by atoms with Crippen LogP contribution in [0.3, 0.4) is 0 Å². The van der Waals surface area contributed by atoms with Crippen molar-refractivity contribution in [2.45, 2.75) is 39.8 Å². The molecule has 0 spiro atoms. The summed E-state index contributed by atoms with van der Waals surface area (Å²) in [5, 5.41) is 0. The van der Waals surface area contributed by atoms with E-state index in [0.717, 1.165) is 25.7 Å². The molecule has 3 nitrogen and oxygen atoms in total. The van der Waals surface area contributed by atoms with Gasteiger partial charge >= 0.3 is 8.56 Å². The summed E-state index contributed by atoms with van der Waals surface area (Å²) in [6.45, 7) is 9.93. The molecule has 0 fully saturated rings. The average molecular weight is 193 g/mol. The molecule has 76 valence electrons. The lowest BCUT2D eigenvalue weighted by atomic mass is 10.6. The third-order valence-electron chi connectivity index (χ3n) is 1.60. The second-order valence-corrected chi connectivity index (χ2v) is 6.09. The van der Waals surface area contributed by atoms with Gasteiger partial charge in [0.2, 0.25) is 0 Å². The first-order valence-corrected chi connectivity index (χ1v) is 6.98. The Hall–Kier alpha value is 0.0969. The molecule has 0 aromatic rings. The molecule has 0 aromatic heterocycles. The van der Waals surface area contributed by atoms with Crippen LogP contribution in [0.15, 0.2) is 0 Å². The Morgan fingerprint density at radius 2 is 1.42 bits per heavy atom. The summed E-state index contributed by atoms with van der Waals surface area (Å²) >= 11 is 0. The van der Waals surface area contributed by atoms with E-state index in [0.29, 0.717) is 0 Å². The van der Waals surface area contributed by atoms with Crippen LogP contribution in [0, 0.1) is 0 Å². The van der Waals surface area contributed by atoms with Crippen molar-refractivity contribution < 1.29 is 8.85 Å². The Balaban J connectivity index is 0. The Bertz CT molecular complexity index is 84.0. The fraction of sp³-hybridized carbons (Fsp3) is 1.00. The first-order chi connectivity index (χ1) is 5.18. The van der Waals surface area contributed by atoms with Gasteiger partial charge in [-0.15, -0.1) is 0 Å². The van der Waals surface area contributed by atoms with E-state index >= 15 is 0 Å². The van der Waals surface area contributed by atoms with Crippen molar-refractivity contribution >= 4 is 8.56 Å². The molecule has 0 aliphatic carbocycles. The topological polar surface area (TPSA) is 53.5 Å². The summed E-state index contributed by atoms with van der Waals surface area (Å²) in [6.07, 6.45) is 1.16. The highest BCUT2D eigenvalue weighted by atomic mass is 28.4. The molecule has 0 aromatic carbocycles. The van der Waals surface area contributed by atoms with Crippen LogP contribution in [0.25, 0.3) is 0 Å². The van der Waals surface area contributed by atoms with Crippen LogP contribution in [-0.2, 0) is 8.85 Å². The highest BCUT2D eigenvalue weighted by Crippen LogP contribution is 2.14. The zero-order valence-electron chi connectivity index (χ0n) is 8.85. The van der Waals surface area contributed by atoms with Crippen LogP contribution in [0.4, 0.5) is 0 Å². The lowest BCUT2D eigenvalue weighted by molar-refractivity contribution is 0.189. The van der Waals surface area contributed by atoms with Gasteiger partial charge in [-0.1, -0.05) is 13.3 Å². The molecule has 0 bridgehead atoms. The summed E-state index contributed by atoms with van der Waals surface area (Å²) in [6, 6.07) is 1.11. The SMILES string of the molecule is CCC[Si](C)(OCC)OCC.N. The minimum Gasteiger partial charge on any atom is -0.395 e. The van der Waals surface area contributed by atoms with Crippen LogP contribution >= 0.6 is 0 Å². The monoisotopic (exact) mass is 193 g/mol. The van der Waals surface area contributed by atoms with Crippen molar-refractivity contribution in [3.63, 3.8) is 0 Å². The summed E-state index contributed by atoms with van der Waals surface area (Å²) in [7, 11) is -1.75. The zero-order chi connectivity index (χ0) is 8.74. The predicted molar refractivity (Wildman–Crippen MR) is 55.0 cm³/mol. The standard InChI is InChI=1S/C8H20O2Si.H3N/c1-5-8-11(4,9-6-2)10-7-3;/h5-8H2,1-4H3;1H3. The van der Waals surface area contributed by atoms with Gasteiger partial charge in [-0.25, -0.2) is 0 Å². The largest absolute Gasteiger partial charge is 0.395 e. The molecule has 0 saturated heterocycles. The minimum absolute atomic E-state index is 0. The summed E-state index contributed by atoms with van der Waals surface area (Å²) in [5.74, 6) is 0. The van der Waals surface area contributed by atoms with Gasteiger partial charge in [0.1, 0.15) is 0 Å². The smallest absolute Gasteiger partial charge is 0.334 e. The van der Waals surface area contributed by atoms with Crippen LogP contribution < -0.4 is 6.15 Å². The molecule has 0 aliphatic heterocycles. The van der Waals surface area contributed by atoms with E-state index in [9.17, 15) is 0 Å². The number of hydrogen-bond donors (Lipinski definition) is 1. The third kappa shape index (κ3) is 5.71. The molecule has 3 N–H and O–H groups in total. The molecule has 12 heavy (non-hydrogen) atoms. The number of hydrogen-bond acceptors (Lipinski definition) is 3. The van der Waals surface area contributed by atoms with Crippen molar-refractivity contribution in [2.24, 2.45) is 0 Å². The highest BCUT2D eigenvalue weighted by molar-refractivity contribution is 6.66. The molecule has 0 radical (unpaired) electrons. The molecule has 0 atom stereocenters. The summed E-state index contributed by atoms with van der Waals surface area (Å²) in [5.41, 5.74) is 0. The zero-order valence-corrected chi connectivity index (χ0v) is 9.85. The maximum Gasteiger partial charge on any atom is 0.334 e. The van der Waals surface area contributed by atoms with Crippen LogP contribution in [0.5, 0.6) is 0 Å². The molecular weight excluding hydrogens is 170 g/mol. The molecule has 0 amide bonds. The van der Waals surface area contributed by atoms with Gasteiger partial charge in [0.15, 0.2) is 0 Å². The summed E-state index contributed by atoms with van der Waals surface area (Å²) < 4.78 is 11.3. The maximum atomic E-state index is 5.63. The van der Waals surface area contributed by atoms with E-state index in [1.165, 1.54) is 0 Å². The van der Waals surface area contributed by atoms with E-state index in [1.807, 2.05) is 13.8 Å². The lowest BCUT2D eigenvalue weighted by Gasteiger charge is -2.25. The van der Waals surface area contributed by atoms with E-state index in [2.05, 4.69) is 13.5 Å². The Kier molecular flexibility index (Phi) is 9.41. The minimum atomic E-state index is -1.75. The molecule has 0 saturated carbocycles. The van der Waals surface area contributed by atoms with Gasteiger partial charge in [0.25, 0.3) is 0 Å². The van der Waals surface area contributed by atoms with Crippen LogP contribution in [0.2, 0.25) is 12.6 Å². The molecule has 4 heteroatoms. The Morgan fingerprint density at radius 3 is 1.67 bits per heavy atom. The van der Waals surface area contributed by atoms with Crippen molar-refractivity contribution in [3.05, 3.63) is 0 Å². The molecule has 0 aliphatic rings. The summed E-state index contributed by atoms with van der Waals surface area (Å²) in [4.78, 5) is 0. The van der Waals surface area contributed by atoms with E-state index in [-0.39, 0.29) is 6.15 Å². The fourth-order valence-corrected chi connectivity index (χ4v) is 3.75. The van der Waals surface area contributed by atoms with Crippen molar-refractivity contribution in [3.8, 4) is 0 Å². The van der Waals surface area contributed by atoms with Gasteiger partial charge in [-0.3, -0.25) is 0 Å². The first-order valence-electron chi connectivity index (χ1n) is 4.46. The van der Waals surface area contributed by atoms with Gasteiger partial charge in [0, 0.05) is 13.2 Å². The third-order valence-corrected chi connectivity index (χ3v) is 4.81. The quantitative estimate of drug-likeness (QED) is 0.660. The normalized spacial score (nSPS) is 11.0. The molecular formula is C8H23NO2Si. The Labute approximate surface area is 77.3 Å². The van der Waals surface area contributed by atoms with Gasteiger partial charge < -0.3 is 15.0 Å². The van der Waals surface area contributed by atoms with Crippen LogP contribution in [-0.4, -0.2) is 21.8 Å². The molecule has 0 rings (SSSR count). The van der Waals surface area contributed by atoms with Crippen LogP contribution in [0.1, 0.15) is 27.2 Å². The van der Waals surface area contributed by atoms with Gasteiger partial charge in [-0.2, -0.15) is 0 Å². The lowest BCUT2D eigenvalue weighted by Crippen LogP contribution is -2.38. The predicted octanol–water partition coefficient (Wildman–Crippen LogP) is 2.70. The second-order valence-electron chi connectivity index (χ2n) is 2.75. The van der Waals surface area contributed by atoms with Crippen molar-refractivity contribution in [2.75, 3.05) is 13.2 Å². The molecule has 0 heterocycles. The Morgan fingerprint density at radius 1 is 1.00 bits per heavy atom. The van der Waals surface area contributed by atoms with Gasteiger partial charge in [-0.05, 0) is 26.4 Å².